The largest absolute Gasteiger partial charge is 0.507 e. The average molecular weight is 252 g/mol. The Morgan fingerprint density at radius 2 is 1.94 bits per heavy atom. The van der Waals surface area contributed by atoms with Crippen molar-refractivity contribution in [2.45, 2.75) is 27.2 Å². The van der Waals surface area contributed by atoms with Crippen molar-refractivity contribution in [1.82, 2.24) is 0 Å². The zero-order chi connectivity index (χ0) is 13.9. The molecule has 0 bridgehead atoms. The Morgan fingerprint density at radius 1 is 1.33 bits per heavy atom. The van der Waals surface area contributed by atoms with Gasteiger partial charge in [-0.2, -0.15) is 0 Å². The van der Waals surface area contributed by atoms with Gasteiger partial charge in [0.25, 0.3) is 0 Å². The monoisotopic (exact) mass is 252 g/mol. The maximum absolute atomic E-state index is 12.1. The number of phenols is 1. The Bertz CT molecular complexity index is 450. The molecule has 0 saturated heterocycles. The number of hydrogen-bond acceptors (Lipinski definition) is 4. The molecule has 0 spiro atoms. The van der Waals surface area contributed by atoms with Gasteiger partial charge in [0.05, 0.1) is 14.2 Å². The number of rotatable bonds is 5. The SMILES string of the molecule is COc1cc(O)c(C(=O)CC(C)C)c(OC)c1C. The number of Topliss-reactive ketones (excluding diaryl/α,β-unsaturated/α-hetero) is 1. The van der Waals surface area contributed by atoms with Gasteiger partial charge in [-0.1, -0.05) is 13.8 Å². The molecule has 0 saturated carbocycles. The summed E-state index contributed by atoms with van der Waals surface area (Å²) in [5, 5.41) is 9.96. The van der Waals surface area contributed by atoms with Gasteiger partial charge in [0.15, 0.2) is 5.78 Å². The molecule has 0 radical (unpaired) electrons. The van der Waals surface area contributed by atoms with E-state index in [1.54, 1.807) is 6.92 Å². The van der Waals surface area contributed by atoms with Crippen molar-refractivity contribution >= 4 is 5.78 Å². The maximum Gasteiger partial charge on any atom is 0.170 e. The lowest BCUT2D eigenvalue weighted by Gasteiger charge is -2.16. The number of benzene rings is 1. The molecule has 0 heterocycles. The van der Waals surface area contributed by atoms with Crippen molar-refractivity contribution in [2.24, 2.45) is 5.92 Å². The lowest BCUT2D eigenvalue weighted by Crippen LogP contribution is -2.08. The van der Waals surface area contributed by atoms with Gasteiger partial charge in [-0.15, -0.1) is 0 Å². The minimum absolute atomic E-state index is 0.0973. The second kappa shape index (κ2) is 5.76. The van der Waals surface area contributed by atoms with E-state index in [1.807, 2.05) is 13.8 Å². The van der Waals surface area contributed by atoms with Gasteiger partial charge < -0.3 is 14.6 Å². The van der Waals surface area contributed by atoms with Crippen LogP contribution in [0.5, 0.6) is 17.2 Å². The minimum atomic E-state index is -0.120. The molecule has 1 aromatic carbocycles. The minimum Gasteiger partial charge on any atom is -0.507 e. The van der Waals surface area contributed by atoms with E-state index in [9.17, 15) is 9.90 Å². The fourth-order valence-electron chi connectivity index (χ4n) is 1.93. The average Bonchev–Trinajstić information content (AvgIpc) is 2.29. The fraction of sp³-hybridized carbons (Fsp3) is 0.500. The Balaban J connectivity index is 3.34. The number of aromatic hydroxyl groups is 1. The second-order valence-corrected chi connectivity index (χ2v) is 4.65. The Kier molecular flexibility index (Phi) is 4.59. The summed E-state index contributed by atoms with van der Waals surface area (Å²) in [6, 6.07) is 1.45. The summed E-state index contributed by atoms with van der Waals surface area (Å²) in [7, 11) is 2.99. The molecule has 0 unspecified atom stereocenters. The molecule has 0 atom stereocenters. The van der Waals surface area contributed by atoms with Gasteiger partial charge in [0.2, 0.25) is 0 Å². The Morgan fingerprint density at radius 3 is 2.39 bits per heavy atom. The second-order valence-electron chi connectivity index (χ2n) is 4.65. The van der Waals surface area contributed by atoms with E-state index < -0.39 is 0 Å². The molecule has 1 N–H and O–H groups in total. The van der Waals surface area contributed by atoms with Crippen LogP contribution in [-0.4, -0.2) is 25.1 Å². The lowest BCUT2D eigenvalue weighted by atomic mass is 9.97. The van der Waals surface area contributed by atoms with Crippen molar-refractivity contribution in [2.75, 3.05) is 14.2 Å². The van der Waals surface area contributed by atoms with E-state index in [-0.39, 0.29) is 23.0 Å². The van der Waals surface area contributed by atoms with E-state index in [2.05, 4.69) is 0 Å². The number of carbonyl (C=O) groups excluding carboxylic acids is 1. The zero-order valence-electron chi connectivity index (χ0n) is 11.5. The molecule has 0 aliphatic carbocycles. The molecule has 0 aliphatic heterocycles. The Hall–Kier alpha value is -1.71. The van der Waals surface area contributed by atoms with Gasteiger partial charge in [-0.05, 0) is 12.8 Å². The van der Waals surface area contributed by atoms with Crippen molar-refractivity contribution in [1.29, 1.82) is 0 Å². The van der Waals surface area contributed by atoms with Crippen LogP contribution in [0.1, 0.15) is 36.2 Å². The molecule has 1 rings (SSSR count). The maximum atomic E-state index is 12.1. The van der Waals surface area contributed by atoms with Crippen LogP contribution in [0.3, 0.4) is 0 Å². The zero-order valence-corrected chi connectivity index (χ0v) is 11.5. The van der Waals surface area contributed by atoms with Crippen molar-refractivity contribution in [3.05, 3.63) is 17.2 Å². The highest BCUT2D eigenvalue weighted by molar-refractivity contribution is 6.02. The fourth-order valence-corrected chi connectivity index (χ4v) is 1.93. The van der Waals surface area contributed by atoms with Crippen molar-refractivity contribution in [3.8, 4) is 17.2 Å². The third-order valence-electron chi connectivity index (χ3n) is 2.76. The van der Waals surface area contributed by atoms with Crippen LogP contribution in [0.2, 0.25) is 0 Å². The molecular formula is C14H20O4. The van der Waals surface area contributed by atoms with Crippen LogP contribution >= 0.6 is 0 Å². The number of methoxy groups -OCH3 is 2. The summed E-state index contributed by atoms with van der Waals surface area (Å²) >= 11 is 0. The van der Waals surface area contributed by atoms with Crippen LogP contribution in [0.4, 0.5) is 0 Å². The van der Waals surface area contributed by atoms with E-state index in [4.69, 9.17) is 9.47 Å². The van der Waals surface area contributed by atoms with Crippen LogP contribution in [-0.2, 0) is 0 Å². The summed E-state index contributed by atoms with van der Waals surface area (Å²) in [6.07, 6.45) is 0.371. The molecule has 100 valence electrons. The highest BCUT2D eigenvalue weighted by Crippen LogP contribution is 2.38. The summed E-state index contributed by atoms with van der Waals surface area (Å²) in [4.78, 5) is 12.1. The predicted molar refractivity (Wildman–Crippen MR) is 69.7 cm³/mol. The number of hydrogen-bond donors (Lipinski definition) is 1. The van der Waals surface area contributed by atoms with Gasteiger partial charge >= 0.3 is 0 Å². The van der Waals surface area contributed by atoms with Gasteiger partial charge in [0.1, 0.15) is 22.8 Å². The standard InChI is InChI=1S/C14H20O4/c1-8(2)6-10(15)13-11(16)7-12(17-4)9(3)14(13)18-5/h7-8,16H,6H2,1-5H3. The van der Waals surface area contributed by atoms with Crippen LogP contribution in [0, 0.1) is 12.8 Å². The molecule has 0 aromatic heterocycles. The molecule has 4 nitrogen and oxygen atoms in total. The van der Waals surface area contributed by atoms with Gasteiger partial charge in [-0.3, -0.25) is 4.79 Å². The first kappa shape index (κ1) is 14.4. The van der Waals surface area contributed by atoms with E-state index >= 15 is 0 Å². The highest BCUT2D eigenvalue weighted by Gasteiger charge is 2.22. The lowest BCUT2D eigenvalue weighted by molar-refractivity contribution is 0.0962. The third kappa shape index (κ3) is 2.75. The molecule has 0 fully saturated rings. The van der Waals surface area contributed by atoms with Gasteiger partial charge in [-0.25, -0.2) is 0 Å². The summed E-state index contributed by atoms with van der Waals surface area (Å²) < 4.78 is 10.4. The molecular weight excluding hydrogens is 232 g/mol. The van der Waals surface area contributed by atoms with Crippen LogP contribution < -0.4 is 9.47 Å². The van der Waals surface area contributed by atoms with Gasteiger partial charge in [0, 0.05) is 18.1 Å². The molecule has 0 aliphatic rings. The predicted octanol–water partition coefficient (Wildman–Crippen LogP) is 2.95. The number of ether oxygens (including phenoxy) is 2. The summed E-state index contributed by atoms with van der Waals surface area (Å²) in [5.74, 6) is 0.900. The van der Waals surface area contributed by atoms with Crippen LogP contribution in [0.25, 0.3) is 0 Å². The van der Waals surface area contributed by atoms with Crippen LogP contribution in [0.15, 0.2) is 6.07 Å². The number of carbonyl (C=O) groups is 1. The van der Waals surface area contributed by atoms with E-state index in [1.165, 1.54) is 20.3 Å². The van der Waals surface area contributed by atoms with Crippen molar-refractivity contribution in [3.63, 3.8) is 0 Å². The first-order valence-electron chi connectivity index (χ1n) is 5.90. The highest BCUT2D eigenvalue weighted by atomic mass is 16.5. The summed E-state index contributed by atoms with van der Waals surface area (Å²) in [6.45, 7) is 5.71. The quantitative estimate of drug-likeness (QED) is 0.818. The smallest absolute Gasteiger partial charge is 0.170 e. The van der Waals surface area contributed by atoms with Crippen molar-refractivity contribution < 1.29 is 19.4 Å². The topological polar surface area (TPSA) is 55.8 Å². The normalized spacial score (nSPS) is 10.6. The van der Waals surface area contributed by atoms with E-state index in [0.717, 1.165) is 0 Å². The number of phenolic OH excluding ortho intramolecular Hbond substituents is 1. The van der Waals surface area contributed by atoms with E-state index in [0.29, 0.717) is 23.5 Å². The number of ketones is 1. The summed E-state index contributed by atoms with van der Waals surface area (Å²) in [5.41, 5.74) is 0.953. The third-order valence-corrected chi connectivity index (χ3v) is 2.76. The molecule has 4 heteroatoms. The molecule has 0 amide bonds. The molecule has 18 heavy (non-hydrogen) atoms. The first-order chi connectivity index (χ1) is 8.42. The Labute approximate surface area is 108 Å². The first-order valence-corrected chi connectivity index (χ1v) is 5.90. The molecule has 1 aromatic rings.